The quantitative estimate of drug-likeness (QED) is 0.584. The average Bonchev–Trinajstić information content (AvgIpc) is 3.28. The van der Waals surface area contributed by atoms with Crippen molar-refractivity contribution in [1.29, 1.82) is 0 Å². The summed E-state index contributed by atoms with van der Waals surface area (Å²) >= 11 is 0. The van der Waals surface area contributed by atoms with Gasteiger partial charge in [0, 0.05) is 11.1 Å². The monoisotopic (exact) mass is 428 g/mol. The number of aliphatic hydroxyl groups is 1. The minimum Gasteiger partial charge on any atom is -0.484 e. The van der Waals surface area contributed by atoms with Crippen molar-refractivity contribution in [2.24, 2.45) is 5.92 Å². The second kappa shape index (κ2) is 9.84. The van der Waals surface area contributed by atoms with Crippen molar-refractivity contribution in [2.75, 3.05) is 6.61 Å². The molecule has 3 aliphatic rings. The zero-order chi connectivity index (χ0) is 22.5. The maximum absolute atomic E-state index is 13.4. The SMILES string of the molecule is C=C1C=C(CO)OC(C(=O)C2=CC=C(CC3C=CC(C)=CC3)C2)=C1OCc1ccccc1. The van der Waals surface area contributed by atoms with E-state index in [1.807, 2.05) is 42.5 Å². The third kappa shape index (κ3) is 5.09. The van der Waals surface area contributed by atoms with Crippen molar-refractivity contribution >= 4 is 5.78 Å². The Morgan fingerprint density at radius 3 is 2.78 bits per heavy atom. The van der Waals surface area contributed by atoms with Crippen LogP contribution in [0.4, 0.5) is 0 Å². The largest absolute Gasteiger partial charge is 0.484 e. The summed E-state index contributed by atoms with van der Waals surface area (Å²) in [5, 5.41) is 9.57. The second-order valence-electron chi connectivity index (χ2n) is 8.36. The lowest BCUT2D eigenvalue weighted by atomic mass is 9.90. The molecule has 0 bridgehead atoms. The van der Waals surface area contributed by atoms with Crippen LogP contribution in [0.5, 0.6) is 0 Å². The van der Waals surface area contributed by atoms with Crippen LogP contribution in [-0.4, -0.2) is 17.5 Å². The molecule has 0 spiro atoms. The van der Waals surface area contributed by atoms with E-state index in [4.69, 9.17) is 9.47 Å². The molecule has 0 fully saturated rings. The minimum absolute atomic E-state index is 0.0921. The molecule has 4 rings (SSSR count). The number of ether oxygens (including phenoxy) is 2. The standard InChI is InChI=1S/C28H28O4/c1-19-8-10-21(11-9-19)15-23-12-13-24(16-23)26(30)28-27(20(2)14-25(17-29)32-28)31-18-22-6-4-3-5-7-22/h3-10,12-14,21,29H,2,11,15-18H2,1H3. The molecule has 0 radical (unpaired) electrons. The lowest BCUT2D eigenvalue weighted by molar-refractivity contribution is -0.115. The molecule has 1 heterocycles. The topological polar surface area (TPSA) is 55.8 Å². The first-order valence-corrected chi connectivity index (χ1v) is 10.9. The molecule has 0 saturated carbocycles. The molecule has 32 heavy (non-hydrogen) atoms. The Morgan fingerprint density at radius 1 is 1.25 bits per heavy atom. The van der Waals surface area contributed by atoms with Crippen LogP contribution in [0.1, 0.15) is 31.7 Å². The fourth-order valence-corrected chi connectivity index (χ4v) is 4.01. The Morgan fingerprint density at radius 2 is 2.06 bits per heavy atom. The summed E-state index contributed by atoms with van der Waals surface area (Å²) in [5.74, 6) is 0.934. The Hall–Kier alpha value is -3.37. The number of benzene rings is 1. The van der Waals surface area contributed by atoms with E-state index < -0.39 is 0 Å². The number of carbonyl (C=O) groups is 1. The minimum atomic E-state index is -0.314. The molecule has 1 aliphatic heterocycles. The van der Waals surface area contributed by atoms with E-state index in [-0.39, 0.29) is 23.9 Å². The van der Waals surface area contributed by atoms with Gasteiger partial charge in [0.15, 0.2) is 5.76 Å². The Labute approximate surface area is 189 Å². The molecule has 0 amide bonds. The highest BCUT2D eigenvalue weighted by Crippen LogP contribution is 2.34. The van der Waals surface area contributed by atoms with Crippen LogP contribution in [0.3, 0.4) is 0 Å². The number of rotatable bonds is 8. The van der Waals surface area contributed by atoms with Crippen LogP contribution in [0.15, 0.2) is 113 Å². The number of carbonyl (C=O) groups excluding carboxylic acids is 1. The van der Waals surface area contributed by atoms with Crippen molar-refractivity contribution in [1.82, 2.24) is 0 Å². The fraction of sp³-hybridized carbons (Fsp3) is 0.250. The van der Waals surface area contributed by atoms with E-state index in [2.05, 4.69) is 31.7 Å². The van der Waals surface area contributed by atoms with Gasteiger partial charge in [-0.2, -0.15) is 0 Å². The number of hydrogen-bond donors (Lipinski definition) is 1. The highest BCUT2D eigenvalue weighted by atomic mass is 16.5. The number of aliphatic hydroxyl groups excluding tert-OH is 1. The third-order valence-corrected chi connectivity index (χ3v) is 5.78. The Kier molecular flexibility index (Phi) is 6.72. The van der Waals surface area contributed by atoms with Gasteiger partial charge < -0.3 is 14.6 Å². The Balaban J connectivity index is 1.46. The summed E-state index contributed by atoms with van der Waals surface area (Å²) in [4.78, 5) is 13.4. The third-order valence-electron chi connectivity index (χ3n) is 5.78. The van der Waals surface area contributed by atoms with Crippen LogP contribution in [-0.2, 0) is 20.9 Å². The highest BCUT2D eigenvalue weighted by Gasteiger charge is 2.30. The van der Waals surface area contributed by atoms with E-state index >= 15 is 0 Å². The predicted molar refractivity (Wildman–Crippen MR) is 125 cm³/mol. The summed E-state index contributed by atoms with van der Waals surface area (Å²) in [6.07, 6.45) is 14.7. The second-order valence-corrected chi connectivity index (χ2v) is 8.36. The normalized spacial score (nSPS) is 20.3. The lowest BCUT2D eigenvalue weighted by Crippen LogP contribution is -2.18. The first kappa shape index (κ1) is 21.8. The van der Waals surface area contributed by atoms with E-state index in [1.165, 1.54) is 11.1 Å². The van der Waals surface area contributed by atoms with Crippen molar-refractivity contribution in [3.05, 3.63) is 119 Å². The number of hydrogen-bond acceptors (Lipinski definition) is 4. The van der Waals surface area contributed by atoms with Gasteiger partial charge in [-0.15, -0.1) is 0 Å². The van der Waals surface area contributed by atoms with Crippen molar-refractivity contribution in [3.8, 4) is 0 Å². The van der Waals surface area contributed by atoms with Gasteiger partial charge in [-0.1, -0.05) is 78.4 Å². The van der Waals surface area contributed by atoms with Gasteiger partial charge in [0.05, 0.1) is 0 Å². The summed E-state index contributed by atoms with van der Waals surface area (Å²) in [5.41, 5.74) is 4.68. The van der Waals surface area contributed by atoms with Gasteiger partial charge in [0.25, 0.3) is 0 Å². The van der Waals surface area contributed by atoms with Gasteiger partial charge in [0.1, 0.15) is 19.0 Å². The number of ketones is 1. The maximum atomic E-state index is 13.4. The Bertz CT molecular complexity index is 1090. The molecule has 0 saturated heterocycles. The molecule has 2 aliphatic carbocycles. The molecule has 1 N–H and O–H groups in total. The first-order chi connectivity index (χ1) is 15.5. The van der Waals surface area contributed by atoms with Gasteiger partial charge in [-0.25, -0.2) is 0 Å². The molecule has 1 unspecified atom stereocenters. The smallest absolute Gasteiger partial charge is 0.228 e. The molecule has 4 nitrogen and oxygen atoms in total. The fourth-order valence-electron chi connectivity index (χ4n) is 4.01. The summed E-state index contributed by atoms with van der Waals surface area (Å²) < 4.78 is 11.7. The maximum Gasteiger partial charge on any atom is 0.228 e. The van der Waals surface area contributed by atoms with E-state index in [1.54, 1.807) is 6.08 Å². The molecular formula is C28H28O4. The summed E-state index contributed by atoms with van der Waals surface area (Å²) in [7, 11) is 0. The van der Waals surface area contributed by atoms with E-state index in [0.29, 0.717) is 35.9 Å². The van der Waals surface area contributed by atoms with Crippen molar-refractivity contribution < 1.29 is 19.4 Å². The van der Waals surface area contributed by atoms with Gasteiger partial charge in [0.2, 0.25) is 11.5 Å². The molecule has 4 heteroatoms. The number of allylic oxidation sites excluding steroid dienone is 9. The summed E-state index contributed by atoms with van der Waals surface area (Å²) in [6.45, 7) is 6.10. The average molecular weight is 429 g/mol. The van der Waals surface area contributed by atoms with Crippen LogP contribution >= 0.6 is 0 Å². The highest BCUT2D eigenvalue weighted by molar-refractivity contribution is 6.08. The zero-order valence-corrected chi connectivity index (χ0v) is 18.3. The van der Waals surface area contributed by atoms with Crippen LogP contribution in [0, 0.1) is 5.92 Å². The van der Waals surface area contributed by atoms with Crippen molar-refractivity contribution in [3.63, 3.8) is 0 Å². The molecule has 164 valence electrons. The molecule has 0 aromatic heterocycles. The molecule has 1 atom stereocenters. The van der Waals surface area contributed by atoms with Gasteiger partial charge in [-0.05, 0) is 43.7 Å². The van der Waals surface area contributed by atoms with Gasteiger partial charge in [-0.3, -0.25) is 4.79 Å². The molecular weight excluding hydrogens is 400 g/mol. The first-order valence-electron chi connectivity index (χ1n) is 10.9. The summed E-state index contributed by atoms with van der Waals surface area (Å²) in [6, 6.07) is 9.72. The van der Waals surface area contributed by atoms with Crippen LogP contribution in [0.2, 0.25) is 0 Å². The van der Waals surface area contributed by atoms with Gasteiger partial charge >= 0.3 is 0 Å². The van der Waals surface area contributed by atoms with Crippen LogP contribution < -0.4 is 0 Å². The van der Waals surface area contributed by atoms with E-state index in [9.17, 15) is 9.90 Å². The molecule has 1 aromatic rings. The van der Waals surface area contributed by atoms with E-state index in [0.717, 1.165) is 18.4 Å². The van der Waals surface area contributed by atoms with Crippen LogP contribution in [0.25, 0.3) is 0 Å². The number of Topliss-reactive ketones (excluding diaryl/α,β-unsaturated/α-hetero) is 1. The molecule has 1 aromatic carbocycles. The lowest BCUT2D eigenvalue weighted by Gasteiger charge is -2.22. The van der Waals surface area contributed by atoms with Crippen molar-refractivity contribution in [2.45, 2.75) is 32.8 Å². The zero-order valence-electron chi connectivity index (χ0n) is 18.3. The predicted octanol–water partition coefficient (Wildman–Crippen LogP) is 5.62.